The Hall–Kier alpha value is -2.02. The molecule has 1 heterocycles. The fourth-order valence-corrected chi connectivity index (χ4v) is 2.81. The lowest BCUT2D eigenvalue weighted by molar-refractivity contribution is -0.136. The van der Waals surface area contributed by atoms with Crippen LogP contribution in [0.3, 0.4) is 0 Å². The maximum atomic E-state index is 13.1. The van der Waals surface area contributed by atoms with E-state index in [-0.39, 0.29) is 24.1 Å². The molecular formula is C16H20F2N2O3. The molecule has 1 fully saturated rings. The van der Waals surface area contributed by atoms with Crippen molar-refractivity contribution in [2.75, 3.05) is 13.1 Å². The van der Waals surface area contributed by atoms with Gasteiger partial charge in [-0.2, -0.15) is 0 Å². The van der Waals surface area contributed by atoms with Gasteiger partial charge in [0.15, 0.2) is 0 Å². The molecule has 1 aromatic rings. The van der Waals surface area contributed by atoms with E-state index in [9.17, 15) is 23.5 Å². The molecule has 1 saturated heterocycles. The third-order valence-corrected chi connectivity index (χ3v) is 3.95. The first-order valence-electron chi connectivity index (χ1n) is 7.60. The number of aliphatic hydroxyl groups is 1. The van der Waals surface area contributed by atoms with Crippen LogP contribution in [0.1, 0.15) is 36.5 Å². The highest BCUT2D eigenvalue weighted by Crippen LogP contribution is 2.19. The topological polar surface area (TPSA) is 69.6 Å². The molecule has 2 rings (SSSR count). The van der Waals surface area contributed by atoms with E-state index < -0.39 is 23.6 Å². The first kappa shape index (κ1) is 17.3. The quantitative estimate of drug-likeness (QED) is 0.880. The second-order valence-corrected chi connectivity index (χ2v) is 5.73. The molecule has 0 spiro atoms. The van der Waals surface area contributed by atoms with Crippen LogP contribution in [0.5, 0.6) is 0 Å². The van der Waals surface area contributed by atoms with Crippen molar-refractivity contribution < 1.29 is 23.5 Å². The molecule has 0 aromatic heterocycles. The monoisotopic (exact) mass is 326 g/mol. The van der Waals surface area contributed by atoms with E-state index in [4.69, 9.17) is 0 Å². The number of nitrogens with zero attached hydrogens (tertiary/aromatic N) is 1. The van der Waals surface area contributed by atoms with Crippen LogP contribution in [0.15, 0.2) is 18.2 Å². The van der Waals surface area contributed by atoms with Gasteiger partial charge in [-0.1, -0.05) is 0 Å². The van der Waals surface area contributed by atoms with Crippen molar-refractivity contribution in [1.29, 1.82) is 0 Å². The molecule has 1 aromatic carbocycles. The molecule has 2 atom stereocenters. The van der Waals surface area contributed by atoms with Gasteiger partial charge in [0.05, 0.1) is 18.7 Å². The number of carbonyl (C=O) groups excluding carboxylic acids is 2. The van der Waals surface area contributed by atoms with Crippen LogP contribution in [0.2, 0.25) is 0 Å². The highest BCUT2D eigenvalue weighted by atomic mass is 19.1. The molecule has 126 valence electrons. The number of carbonyl (C=O) groups is 2. The van der Waals surface area contributed by atoms with Gasteiger partial charge in [-0.05, 0) is 38.3 Å². The molecule has 1 aliphatic rings. The molecule has 0 aliphatic carbocycles. The molecular weight excluding hydrogens is 306 g/mol. The van der Waals surface area contributed by atoms with Gasteiger partial charge < -0.3 is 15.3 Å². The zero-order chi connectivity index (χ0) is 17.0. The van der Waals surface area contributed by atoms with Gasteiger partial charge in [0.25, 0.3) is 5.91 Å². The summed E-state index contributed by atoms with van der Waals surface area (Å²) in [5, 5.41) is 12.1. The van der Waals surface area contributed by atoms with Crippen molar-refractivity contribution in [1.82, 2.24) is 10.2 Å². The van der Waals surface area contributed by atoms with Gasteiger partial charge in [-0.25, -0.2) is 8.78 Å². The van der Waals surface area contributed by atoms with Crippen LogP contribution in [0.25, 0.3) is 0 Å². The Kier molecular flexibility index (Phi) is 5.65. The van der Waals surface area contributed by atoms with E-state index in [1.807, 2.05) is 0 Å². The molecule has 0 radical (unpaired) electrons. The highest BCUT2D eigenvalue weighted by molar-refractivity contribution is 5.96. The van der Waals surface area contributed by atoms with Crippen molar-refractivity contribution in [2.45, 2.75) is 38.3 Å². The van der Waals surface area contributed by atoms with E-state index in [1.165, 1.54) is 0 Å². The van der Waals surface area contributed by atoms with Crippen molar-refractivity contribution in [3.8, 4) is 0 Å². The normalized spacial score (nSPS) is 19.3. The van der Waals surface area contributed by atoms with Crippen LogP contribution >= 0.6 is 0 Å². The Morgan fingerprint density at radius 1 is 1.30 bits per heavy atom. The summed E-state index contributed by atoms with van der Waals surface area (Å²) in [5.74, 6) is -2.75. The van der Waals surface area contributed by atoms with Crippen LogP contribution in [-0.4, -0.2) is 47.1 Å². The average molecular weight is 326 g/mol. The zero-order valence-electron chi connectivity index (χ0n) is 12.9. The van der Waals surface area contributed by atoms with E-state index in [0.717, 1.165) is 25.0 Å². The largest absolute Gasteiger partial charge is 0.391 e. The van der Waals surface area contributed by atoms with Gasteiger partial charge in [-0.15, -0.1) is 0 Å². The van der Waals surface area contributed by atoms with Crippen LogP contribution in [0, 0.1) is 11.6 Å². The second kappa shape index (κ2) is 7.50. The third kappa shape index (κ3) is 4.48. The molecule has 0 unspecified atom stereocenters. The lowest BCUT2D eigenvalue weighted by Crippen LogP contribution is -2.51. The van der Waals surface area contributed by atoms with Gasteiger partial charge in [0.2, 0.25) is 5.91 Å². The van der Waals surface area contributed by atoms with E-state index in [0.29, 0.717) is 19.0 Å². The minimum atomic E-state index is -0.855. The first-order valence-corrected chi connectivity index (χ1v) is 7.60. The summed E-state index contributed by atoms with van der Waals surface area (Å²) in [4.78, 5) is 25.7. The maximum Gasteiger partial charge on any atom is 0.251 e. The lowest BCUT2D eigenvalue weighted by Gasteiger charge is -2.37. The number of piperidine rings is 1. The summed E-state index contributed by atoms with van der Waals surface area (Å²) >= 11 is 0. The summed E-state index contributed by atoms with van der Waals surface area (Å²) in [6.45, 7) is 1.88. The van der Waals surface area contributed by atoms with E-state index in [1.54, 1.807) is 11.8 Å². The van der Waals surface area contributed by atoms with Crippen molar-refractivity contribution in [3.63, 3.8) is 0 Å². The summed E-state index contributed by atoms with van der Waals surface area (Å²) < 4.78 is 26.2. The van der Waals surface area contributed by atoms with E-state index >= 15 is 0 Å². The van der Waals surface area contributed by atoms with Crippen LogP contribution in [-0.2, 0) is 4.79 Å². The van der Waals surface area contributed by atoms with Gasteiger partial charge >= 0.3 is 0 Å². The average Bonchev–Trinajstić information content (AvgIpc) is 2.51. The first-order chi connectivity index (χ1) is 10.9. The highest BCUT2D eigenvalue weighted by Gasteiger charge is 2.29. The van der Waals surface area contributed by atoms with Crippen molar-refractivity contribution in [2.24, 2.45) is 0 Å². The summed E-state index contributed by atoms with van der Waals surface area (Å²) in [6.07, 6.45) is 1.85. The summed E-state index contributed by atoms with van der Waals surface area (Å²) in [6, 6.07) is 2.22. The number of halogens is 2. The standard InChI is InChI=1S/C16H20F2N2O3/c1-10(21)14-4-2-3-5-20(14)15(22)9-19-16(23)11-6-12(17)8-13(18)7-11/h6-8,10,14,21H,2-5,9H2,1H3,(H,19,23)/t10-,14-/m1/s1. The molecule has 0 bridgehead atoms. The SMILES string of the molecule is C[C@@H](O)[C@H]1CCCCN1C(=O)CNC(=O)c1cc(F)cc(F)c1. The number of rotatable bonds is 4. The van der Waals surface area contributed by atoms with Crippen molar-refractivity contribution >= 4 is 11.8 Å². The van der Waals surface area contributed by atoms with Crippen LogP contribution < -0.4 is 5.32 Å². The number of hydrogen-bond donors (Lipinski definition) is 2. The minimum Gasteiger partial charge on any atom is -0.391 e. The molecule has 7 heteroatoms. The number of likely N-dealkylation sites (tertiary alicyclic amines) is 1. The molecule has 2 amide bonds. The molecule has 0 saturated carbocycles. The predicted molar refractivity (Wildman–Crippen MR) is 79.7 cm³/mol. The Bertz CT molecular complexity index is 572. The fourth-order valence-electron chi connectivity index (χ4n) is 2.81. The molecule has 1 aliphatic heterocycles. The van der Waals surface area contributed by atoms with Gasteiger partial charge in [0.1, 0.15) is 11.6 Å². The van der Waals surface area contributed by atoms with Gasteiger partial charge in [0, 0.05) is 18.2 Å². The summed E-state index contributed by atoms with van der Waals surface area (Å²) in [5.41, 5.74) is -0.180. The Morgan fingerprint density at radius 2 is 1.96 bits per heavy atom. The summed E-state index contributed by atoms with van der Waals surface area (Å²) in [7, 11) is 0. The molecule has 2 N–H and O–H groups in total. The Morgan fingerprint density at radius 3 is 2.57 bits per heavy atom. The minimum absolute atomic E-state index is 0.180. The molecule has 23 heavy (non-hydrogen) atoms. The lowest BCUT2D eigenvalue weighted by atomic mass is 9.98. The van der Waals surface area contributed by atoms with Crippen molar-refractivity contribution in [3.05, 3.63) is 35.4 Å². The predicted octanol–water partition coefficient (Wildman–Crippen LogP) is 1.46. The Balaban J connectivity index is 1.96. The number of aliphatic hydroxyl groups excluding tert-OH is 1. The van der Waals surface area contributed by atoms with Gasteiger partial charge in [-0.3, -0.25) is 9.59 Å². The maximum absolute atomic E-state index is 13.1. The second-order valence-electron chi connectivity index (χ2n) is 5.73. The number of benzene rings is 1. The van der Waals surface area contributed by atoms with E-state index in [2.05, 4.69) is 5.32 Å². The zero-order valence-corrected chi connectivity index (χ0v) is 12.9. The smallest absolute Gasteiger partial charge is 0.251 e. The number of amides is 2. The van der Waals surface area contributed by atoms with Crippen LogP contribution in [0.4, 0.5) is 8.78 Å². The molecule has 5 nitrogen and oxygen atoms in total. The third-order valence-electron chi connectivity index (χ3n) is 3.95. The number of hydrogen-bond acceptors (Lipinski definition) is 3. The Labute approximate surface area is 133 Å². The number of nitrogens with one attached hydrogen (secondary N) is 1. The fraction of sp³-hybridized carbons (Fsp3) is 0.500.